The van der Waals surface area contributed by atoms with Crippen molar-refractivity contribution in [1.29, 1.82) is 0 Å². The Morgan fingerprint density at radius 1 is 1.22 bits per heavy atom. The maximum absolute atomic E-state index is 13.3. The Bertz CT molecular complexity index is 481. The highest BCUT2D eigenvalue weighted by molar-refractivity contribution is 5.92. The number of aliphatic hydroxyl groups is 1. The second-order valence-corrected chi connectivity index (χ2v) is 6.78. The van der Waals surface area contributed by atoms with E-state index in [1.807, 2.05) is 6.08 Å². The smallest absolute Gasteiger partial charge is 0.160 e. The van der Waals surface area contributed by atoms with Crippen LogP contribution in [0.15, 0.2) is 29.2 Å². The van der Waals surface area contributed by atoms with Gasteiger partial charge in [-0.15, -0.1) is 0 Å². The summed E-state index contributed by atoms with van der Waals surface area (Å²) < 4.78 is 13.3. The van der Waals surface area contributed by atoms with E-state index < -0.39 is 0 Å². The molecule has 2 heterocycles. The number of nitrogens with zero attached hydrogens (tertiary/aromatic N) is 2. The molecule has 0 bridgehead atoms. The molecule has 0 aromatic heterocycles. The summed E-state index contributed by atoms with van der Waals surface area (Å²) in [5, 5.41) is 13.1. The van der Waals surface area contributed by atoms with Crippen molar-refractivity contribution in [3.8, 4) is 0 Å². The quantitative estimate of drug-likeness (QED) is 0.733. The van der Waals surface area contributed by atoms with Gasteiger partial charge >= 0.3 is 0 Å². The van der Waals surface area contributed by atoms with E-state index in [9.17, 15) is 4.39 Å². The number of allylic oxidation sites excluding steroid dienone is 2. The molecule has 1 saturated heterocycles. The first-order valence-electron chi connectivity index (χ1n) is 8.90. The molecular weight excluding hydrogens is 295 g/mol. The third kappa shape index (κ3) is 4.21. The molecule has 0 aromatic carbocycles. The first-order valence-corrected chi connectivity index (χ1v) is 8.90. The summed E-state index contributed by atoms with van der Waals surface area (Å²) in [6, 6.07) is 0. The summed E-state index contributed by atoms with van der Waals surface area (Å²) >= 11 is 0. The Balaban J connectivity index is 1.41. The number of rotatable bonds is 7. The average molecular weight is 322 g/mol. The molecule has 1 fully saturated rings. The van der Waals surface area contributed by atoms with E-state index >= 15 is 0 Å². The van der Waals surface area contributed by atoms with Crippen molar-refractivity contribution in [2.24, 2.45) is 17.0 Å². The molecule has 128 valence electrons. The van der Waals surface area contributed by atoms with Crippen molar-refractivity contribution >= 4 is 5.71 Å². The number of fused-ring (bicyclic) bond motifs is 1. The average Bonchev–Trinajstić information content (AvgIpc) is 2.98. The number of oxime groups is 1. The van der Waals surface area contributed by atoms with Crippen molar-refractivity contribution in [2.75, 3.05) is 26.2 Å². The maximum Gasteiger partial charge on any atom is 0.160 e. The highest BCUT2D eigenvalue weighted by Crippen LogP contribution is 2.33. The van der Waals surface area contributed by atoms with E-state index in [2.05, 4.69) is 10.1 Å². The summed E-state index contributed by atoms with van der Waals surface area (Å²) in [4.78, 5) is 7.94. The zero-order valence-corrected chi connectivity index (χ0v) is 13.7. The van der Waals surface area contributed by atoms with Crippen molar-refractivity contribution in [3.05, 3.63) is 24.1 Å². The largest absolute Gasteiger partial charge is 0.396 e. The number of halogens is 1. The highest BCUT2D eigenvalue weighted by atomic mass is 19.1. The Morgan fingerprint density at radius 3 is 2.78 bits per heavy atom. The molecule has 23 heavy (non-hydrogen) atoms. The number of hydrogen-bond donors (Lipinski definition) is 1. The number of likely N-dealkylation sites (tertiary alicyclic amines) is 1. The standard InChI is InChI=1S/C18H27FN2O2/c19-15-5-6-16-17(13-15)23-20-18(16)14-7-10-21(11-8-14)9-3-1-2-4-12-22/h5-6,13-14,16-17,22H,1-4,7-12H2. The monoisotopic (exact) mass is 322 g/mol. The van der Waals surface area contributed by atoms with Gasteiger partial charge < -0.3 is 14.8 Å². The summed E-state index contributed by atoms with van der Waals surface area (Å²) in [7, 11) is 0. The van der Waals surface area contributed by atoms with Crippen molar-refractivity contribution in [1.82, 2.24) is 4.90 Å². The second-order valence-electron chi connectivity index (χ2n) is 6.78. The van der Waals surface area contributed by atoms with Crippen LogP contribution in [-0.4, -0.2) is 48.1 Å². The molecule has 3 rings (SSSR count). The number of hydrogen-bond acceptors (Lipinski definition) is 4. The van der Waals surface area contributed by atoms with Crippen molar-refractivity contribution < 1.29 is 14.3 Å². The normalized spacial score (nSPS) is 28.3. The molecule has 0 amide bonds. The van der Waals surface area contributed by atoms with Gasteiger partial charge in [0.1, 0.15) is 5.83 Å². The van der Waals surface area contributed by atoms with Crippen LogP contribution in [0.2, 0.25) is 0 Å². The Hall–Kier alpha value is -1.20. The lowest BCUT2D eigenvalue weighted by Gasteiger charge is -2.32. The van der Waals surface area contributed by atoms with E-state index in [0.29, 0.717) is 12.5 Å². The van der Waals surface area contributed by atoms with E-state index in [4.69, 9.17) is 9.94 Å². The van der Waals surface area contributed by atoms with Gasteiger partial charge in [-0.2, -0.15) is 0 Å². The molecule has 0 saturated carbocycles. The summed E-state index contributed by atoms with van der Waals surface area (Å²) in [6.45, 7) is 3.68. The molecular formula is C18H27FN2O2. The van der Waals surface area contributed by atoms with Crippen LogP contribution in [0, 0.1) is 11.8 Å². The third-order valence-corrected chi connectivity index (χ3v) is 5.15. The molecule has 2 atom stereocenters. The van der Waals surface area contributed by atoms with Gasteiger partial charge in [-0.25, -0.2) is 4.39 Å². The number of unbranched alkanes of at least 4 members (excludes halogenated alkanes) is 3. The van der Waals surface area contributed by atoms with Crippen LogP contribution in [0.5, 0.6) is 0 Å². The molecule has 2 unspecified atom stereocenters. The third-order valence-electron chi connectivity index (χ3n) is 5.15. The minimum Gasteiger partial charge on any atom is -0.396 e. The Labute approximate surface area is 137 Å². The van der Waals surface area contributed by atoms with E-state index in [-0.39, 0.29) is 17.8 Å². The molecule has 0 aromatic rings. The zero-order chi connectivity index (χ0) is 16.1. The predicted molar refractivity (Wildman–Crippen MR) is 88.8 cm³/mol. The van der Waals surface area contributed by atoms with Gasteiger partial charge in [0.25, 0.3) is 0 Å². The number of piperidine rings is 1. The van der Waals surface area contributed by atoms with Crippen LogP contribution < -0.4 is 0 Å². The predicted octanol–water partition coefficient (Wildman–Crippen LogP) is 3.05. The maximum atomic E-state index is 13.3. The van der Waals surface area contributed by atoms with E-state index in [1.165, 1.54) is 25.0 Å². The summed E-state index contributed by atoms with van der Waals surface area (Å²) in [6.07, 6.45) is 11.4. The van der Waals surface area contributed by atoms with Gasteiger partial charge in [0, 0.05) is 12.5 Å². The van der Waals surface area contributed by atoms with Crippen LogP contribution in [0.25, 0.3) is 0 Å². The molecule has 3 aliphatic rings. The van der Waals surface area contributed by atoms with Crippen LogP contribution in [0.1, 0.15) is 38.5 Å². The summed E-state index contributed by atoms with van der Waals surface area (Å²) in [5.41, 5.74) is 1.11. The van der Waals surface area contributed by atoms with Crippen LogP contribution in [-0.2, 0) is 4.84 Å². The lowest BCUT2D eigenvalue weighted by atomic mass is 9.81. The fourth-order valence-corrected chi connectivity index (χ4v) is 3.77. The number of aliphatic hydroxyl groups excluding tert-OH is 1. The van der Waals surface area contributed by atoms with Crippen molar-refractivity contribution in [3.63, 3.8) is 0 Å². The first-order chi connectivity index (χ1) is 11.3. The molecule has 2 aliphatic heterocycles. The molecule has 0 radical (unpaired) electrons. The minimum absolute atomic E-state index is 0.129. The molecule has 1 aliphatic carbocycles. The Kier molecular flexibility index (Phi) is 5.84. The fourth-order valence-electron chi connectivity index (χ4n) is 3.77. The van der Waals surface area contributed by atoms with Gasteiger partial charge in [0.15, 0.2) is 6.10 Å². The van der Waals surface area contributed by atoms with Gasteiger partial charge in [0.2, 0.25) is 0 Å². The van der Waals surface area contributed by atoms with Crippen LogP contribution in [0.3, 0.4) is 0 Å². The topological polar surface area (TPSA) is 45.1 Å². The molecule has 5 heteroatoms. The Morgan fingerprint density at radius 2 is 2.00 bits per heavy atom. The molecule has 4 nitrogen and oxygen atoms in total. The second kappa shape index (κ2) is 8.06. The summed E-state index contributed by atoms with van der Waals surface area (Å²) in [5.74, 6) is 0.373. The fraction of sp³-hybridized carbons (Fsp3) is 0.722. The lowest BCUT2D eigenvalue weighted by molar-refractivity contribution is 0.103. The van der Waals surface area contributed by atoms with E-state index in [0.717, 1.165) is 51.0 Å². The lowest BCUT2D eigenvalue weighted by Crippen LogP contribution is -2.38. The highest BCUT2D eigenvalue weighted by Gasteiger charge is 2.38. The zero-order valence-electron chi connectivity index (χ0n) is 13.7. The SMILES string of the molecule is OCCCCCCN1CCC(C2=NOC3C=C(F)C=CC23)CC1. The van der Waals surface area contributed by atoms with Crippen molar-refractivity contribution in [2.45, 2.75) is 44.6 Å². The van der Waals surface area contributed by atoms with Gasteiger partial charge in [-0.1, -0.05) is 24.1 Å². The molecule has 1 N–H and O–H groups in total. The van der Waals surface area contributed by atoms with E-state index in [1.54, 1.807) is 0 Å². The van der Waals surface area contributed by atoms with Gasteiger partial charge in [-0.3, -0.25) is 0 Å². The first kappa shape index (κ1) is 16.7. The molecule has 0 spiro atoms. The van der Waals surface area contributed by atoms with Gasteiger partial charge in [-0.05, 0) is 57.5 Å². The van der Waals surface area contributed by atoms with Gasteiger partial charge in [0.05, 0.1) is 11.6 Å². The minimum atomic E-state index is -0.237. The van der Waals surface area contributed by atoms with Crippen LogP contribution >= 0.6 is 0 Å². The van der Waals surface area contributed by atoms with Crippen LogP contribution in [0.4, 0.5) is 4.39 Å².